The molecular weight excluding hydrogens is 223 g/mol. The van der Waals surface area contributed by atoms with Crippen LogP contribution in [0.1, 0.15) is 32.6 Å². The van der Waals surface area contributed by atoms with Crippen molar-refractivity contribution in [2.45, 2.75) is 51.2 Å². The van der Waals surface area contributed by atoms with E-state index in [2.05, 4.69) is 4.74 Å². The molecule has 0 rings (SSSR count). The number of hydrogen-bond acceptors (Lipinski definition) is 3. The summed E-state index contributed by atoms with van der Waals surface area (Å²) in [4.78, 5) is 10.9. The van der Waals surface area contributed by atoms with E-state index < -0.39 is 24.6 Å². The first-order valence-electron chi connectivity index (χ1n) is 5.35. The Bertz CT molecular complexity index is 203. The summed E-state index contributed by atoms with van der Waals surface area (Å²) >= 11 is 0. The lowest BCUT2D eigenvalue weighted by molar-refractivity contribution is -0.152. The summed E-state index contributed by atoms with van der Waals surface area (Å²) in [6, 6.07) is -2.11. The Morgan fingerprint density at radius 2 is 1.88 bits per heavy atom. The number of halogens is 3. The molecule has 6 heteroatoms. The Morgan fingerprint density at radius 3 is 2.38 bits per heavy atom. The van der Waals surface area contributed by atoms with E-state index in [0.717, 1.165) is 19.3 Å². The minimum absolute atomic E-state index is 0.0508. The predicted molar refractivity (Wildman–Crippen MR) is 54.0 cm³/mol. The molecule has 0 saturated carbocycles. The standard InChI is InChI=1S/C10H18F3NO2/c1-2-3-4-5-6-16-10(15)7(11)8(14)9(12)13/h7-9H,2-6,14H2,1H3. The molecule has 2 N–H and O–H groups in total. The number of unbranched alkanes of at least 4 members (excludes halogenated alkanes) is 3. The van der Waals surface area contributed by atoms with Gasteiger partial charge in [-0.05, 0) is 6.42 Å². The van der Waals surface area contributed by atoms with Gasteiger partial charge < -0.3 is 10.5 Å². The monoisotopic (exact) mass is 241 g/mol. The average molecular weight is 241 g/mol. The zero-order chi connectivity index (χ0) is 12.6. The zero-order valence-electron chi connectivity index (χ0n) is 9.30. The molecule has 0 fully saturated rings. The SMILES string of the molecule is CCCCCCOC(=O)C(F)C(N)C(F)F. The van der Waals surface area contributed by atoms with Crippen molar-refractivity contribution in [2.24, 2.45) is 5.73 Å². The molecule has 0 spiro atoms. The molecule has 0 aromatic rings. The van der Waals surface area contributed by atoms with E-state index in [4.69, 9.17) is 5.73 Å². The first-order valence-corrected chi connectivity index (χ1v) is 5.35. The first kappa shape index (κ1) is 15.2. The Balaban J connectivity index is 3.71. The van der Waals surface area contributed by atoms with E-state index in [1.807, 2.05) is 6.92 Å². The summed E-state index contributed by atoms with van der Waals surface area (Å²) in [5, 5.41) is 0. The number of hydrogen-bond donors (Lipinski definition) is 1. The molecule has 0 radical (unpaired) electrons. The van der Waals surface area contributed by atoms with Crippen molar-refractivity contribution in [3.63, 3.8) is 0 Å². The van der Waals surface area contributed by atoms with Gasteiger partial charge in [-0.3, -0.25) is 0 Å². The molecule has 3 nitrogen and oxygen atoms in total. The van der Waals surface area contributed by atoms with Gasteiger partial charge in [-0.15, -0.1) is 0 Å². The molecule has 0 aliphatic heterocycles. The summed E-state index contributed by atoms with van der Waals surface area (Å²) in [6.07, 6.45) is -2.03. The van der Waals surface area contributed by atoms with Gasteiger partial charge in [0.25, 0.3) is 6.43 Å². The molecule has 0 heterocycles. The van der Waals surface area contributed by atoms with Crippen LogP contribution in [-0.4, -0.2) is 31.2 Å². The molecule has 0 aliphatic carbocycles. The maximum Gasteiger partial charge on any atom is 0.342 e. The Hall–Kier alpha value is -0.780. The van der Waals surface area contributed by atoms with E-state index in [1.165, 1.54) is 0 Å². The predicted octanol–water partition coefficient (Wildman–Crippen LogP) is 2.04. The van der Waals surface area contributed by atoms with Crippen molar-refractivity contribution >= 4 is 5.97 Å². The van der Waals surface area contributed by atoms with Gasteiger partial charge in [0.15, 0.2) is 0 Å². The highest BCUT2D eigenvalue weighted by atomic mass is 19.3. The molecule has 0 amide bonds. The van der Waals surface area contributed by atoms with Crippen molar-refractivity contribution < 1.29 is 22.7 Å². The third-order valence-electron chi connectivity index (χ3n) is 2.10. The Kier molecular flexibility index (Phi) is 7.97. The molecule has 0 aromatic heterocycles. The van der Waals surface area contributed by atoms with Crippen LogP contribution in [0.15, 0.2) is 0 Å². The lowest BCUT2D eigenvalue weighted by Crippen LogP contribution is -2.43. The van der Waals surface area contributed by atoms with Crippen LogP contribution < -0.4 is 5.73 Å². The minimum Gasteiger partial charge on any atom is -0.463 e. The number of esters is 1. The van der Waals surface area contributed by atoms with Gasteiger partial charge in [0.05, 0.1) is 6.61 Å². The van der Waals surface area contributed by atoms with Gasteiger partial charge in [0.1, 0.15) is 6.04 Å². The molecular formula is C10H18F3NO2. The van der Waals surface area contributed by atoms with Crippen LogP contribution in [0, 0.1) is 0 Å². The second-order valence-electron chi connectivity index (χ2n) is 3.54. The van der Waals surface area contributed by atoms with E-state index in [1.54, 1.807) is 0 Å². The quantitative estimate of drug-likeness (QED) is 0.522. The topological polar surface area (TPSA) is 52.3 Å². The number of rotatable bonds is 8. The number of alkyl halides is 3. The van der Waals surface area contributed by atoms with Crippen molar-refractivity contribution in [3.05, 3.63) is 0 Å². The van der Waals surface area contributed by atoms with Gasteiger partial charge in [-0.1, -0.05) is 26.2 Å². The van der Waals surface area contributed by atoms with Crippen LogP contribution in [0.3, 0.4) is 0 Å². The van der Waals surface area contributed by atoms with Gasteiger partial charge >= 0.3 is 5.97 Å². The number of carbonyl (C=O) groups is 1. The van der Waals surface area contributed by atoms with E-state index >= 15 is 0 Å². The van der Waals surface area contributed by atoms with Gasteiger partial charge in [-0.2, -0.15) is 0 Å². The lowest BCUT2D eigenvalue weighted by Gasteiger charge is -2.14. The number of nitrogens with two attached hydrogens (primary N) is 1. The smallest absolute Gasteiger partial charge is 0.342 e. The molecule has 0 aromatic carbocycles. The normalized spacial score (nSPS) is 14.9. The van der Waals surface area contributed by atoms with Crippen LogP contribution >= 0.6 is 0 Å². The highest BCUT2D eigenvalue weighted by Gasteiger charge is 2.33. The van der Waals surface area contributed by atoms with Crippen molar-refractivity contribution in [1.82, 2.24) is 0 Å². The Morgan fingerprint density at radius 1 is 1.25 bits per heavy atom. The molecule has 0 aliphatic rings. The molecule has 2 unspecified atom stereocenters. The fourth-order valence-corrected chi connectivity index (χ4v) is 1.07. The van der Waals surface area contributed by atoms with E-state index in [9.17, 15) is 18.0 Å². The Labute approximate surface area is 93.1 Å². The highest BCUT2D eigenvalue weighted by molar-refractivity contribution is 5.75. The zero-order valence-corrected chi connectivity index (χ0v) is 9.30. The lowest BCUT2D eigenvalue weighted by atomic mass is 10.2. The molecule has 16 heavy (non-hydrogen) atoms. The summed E-state index contributed by atoms with van der Waals surface area (Å²) in [5.41, 5.74) is 4.79. The highest BCUT2D eigenvalue weighted by Crippen LogP contribution is 2.09. The minimum atomic E-state index is -3.07. The summed E-state index contributed by atoms with van der Waals surface area (Å²) in [6.45, 7) is 2.07. The van der Waals surface area contributed by atoms with Crippen molar-refractivity contribution in [2.75, 3.05) is 6.61 Å². The fourth-order valence-electron chi connectivity index (χ4n) is 1.07. The summed E-state index contributed by atoms with van der Waals surface area (Å²) in [7, 11) is 0. The number of ether oxygens (including phenoxy) is 1. The van der Waals surface area contributed by atoms with Crippen LogP contribution in [0.2, 0.25) is 0 Å². The maximum absolute atomic E-state index is 12.9. The molecule has 2 atom stereocenters. The number of carbonyl (C=O) groups excluding carboxylic acids is 1. The van der Waals surface area contributed by atoms with E-state index in [-0.39, 0.29) is 6.61 Å². The van der Waals surface area contributed by atoms with Gasteiger partial charge in [0.2, 0.25) is 6.17 Å². The second kappa shape index (κ2) is 8.38. The third-order valence-corrected chi connectivity index (χ3v) is 2.10. The van der Waals surface area contributed by atoms with E-state index in [0.29, 0.717) is 6.42 Å². The molecule has 0 bridgehead atoms. The summed E-state index contributed by atoms with van der Waals surface area (Å²) < 4.78 is 41.3. The van der Waals surface area contributed by atoms with Crippen LogP contribution in [-0.2, 0) is 9.53 Å². The first-order chi connectivity index (χ1) is 7.50. The molecule has 96 valence electrons. The van der Waals surface area contributed by atoms with Crippen molar-refractivity contribution in [3.8, 4) is 0 Å². The van der Waals surface area contributed by atoms with Crippen LogP contribution in [0.5, 0.6) is 0 Å². The third kappa shape index (κ3) is 5.95. The fraction of sp³-hybridized carbons (Fsp3) is 0.900. The van der Waals surface area contributed by atoms with Crippen LogP contribution in [0.25, 0.3) is 0 Å². The molecule has 0 saturated heterocycles. The van der Waals surface area contributed by atoms with Gasteiger partial charge in [0, 0.05) is 0 Å². The van der Waals surface area contributed by atoms with Crippen LogP contribution in [0.4, 0.5) is 13.2 Å². The average Bonchev–Trinajstić information content (AvgIpc) is 2.26. The maximum atomic E-state index is 12.9. The second-order valence-corrected chi connectivity index (χ2v) is 3.54. The largest absolute Gasteiger partial charge is 0.463 e. The summed E-state index contributed by atoms with van der Waals surface area (Å²) in [5.74, 6) is -1.30. The van der Waals surface area contributed by atoms with Crippen molar-refractivity contribution in [1.29, 1.82) is 0 Å². The van der Waals surface area contributed by atoms with Gasteiger partial charge in [-0.25, -0.2) is 18.0 Å².